The molecule has 0 aliphatic carbocycles. The van der Waals surface area contributed by atoms with E-state index in [-0.39, 0.29) is 11.7 Å². The first-order valence-corrected chi connectivity index (χ1v) is 15.5. The van der Waals surface area contributed by atoms with Gasteiger partial charge in [0, 0.05) is 42.4 Å². The monoisotopic (exact) mass is 573 g/mol. The average Bonchev–Trinajstić information content (AvgIpc) is 3.37. The average molecular weight is 574 g/mol. The number of nitrogens with one attached hydrogen (secondary N) is 4. The predicted octanol–water partition coefficient (Wildman–Crippen LogP) is 5.78. The number of anilines is 5. The lowest BCUT2D eigenvalue weighted by atomic mass is 10.0. The molecule has 0 atom stereocenters. The van der Waals surface area contributed by atoms with E-state index in [1.54, 1.807) is 31.7 Å². The van der Waals surface area contributed by atoms with Crippen LogP contribution in [-0.2, 0) is 4.57 Å². The molecule has 40 heavy (non-hydrogen) atoms. The second-order valence-corrected chi connectivity index (χ2v) is 13.2. The number of aromatic nitrogens is 3. The van der Waals surface area contributed by atoms with Gasteiger partial charge in [0.1, 0.15) is 18.6 Å². The molecule has 0 bridgehead atoms. The van der Waals surface area contributed by atoms with Gasteiger partial charge >= 0.3 is 6.36 Å². The lowest BCUT2D eigenvalue weighted by Crippen LogP contribution is -2.41. The summed E-state index contributed by atoms with van der Waals surface area (Å²) >= 11 is 0. The van der Waals surface area contributed by atoms with E-state index < -0.39 is 13.5 Å². The highest BCUT2D eigenvalue weighted by Gasteiger charge is 2.33. The van der Waals surface area contributed by atoms with Gasteiger partial charge < -0.3 is 35.1 Å². The maximum absolute atomic E-state index is 13.4. The van der Waals surface area contributed by atoms with Gasteiger partial charge in [-0.25, -0.2) is 0 Å². The van der Waals surface area contributed by atoms with Crippen molar-refractivity contribution in [3.05, 3.63) is 54.7 Å². The van der Waals surface area contributed by atoms with Crippen molar-refractivity contribution in [3.8, 4) is 5.75 Å². The highest BCUT2D eigenvalue weighted by atomic mass is 31.2. The number of aromatic amines is 1. The van der Waals surface area contributed by atoms with E-state index in [1.165, 1.54) is 6.07 Å². The van der Waals surface area contributed by atoms with Crippen LogP contribution in [-0.4, -0.2) is 60.8 Å². The maximum Gasteiger partial charge on any atom is 0.573 e. The molecule has 1 fully saturated rings. The fourth-order valence-corrected chi connectivity index (χ4v) is 6.02. The number of piperidine rings is 1. The molecule has 0 spiro atoms. The molecule has 1 aliphatic heterocycles. The van der Waals surface area contributed by atoms with Crippen molar-refractivity contribution in [2.75, 3.05) is 49.0 Å². The third kappa shape index (κ3) is 6.34. The summed E-state index contributed by atoms with van der Waals surface area (Å²) < 4.78 is 57.4. The number of H-pyrrole nitrogens is 1. The van der Waals surface area contributed by atoms with Gasteiger partial charge in [0.05, 0.1) is 16.8 Å². The zero-order chi connectivity index (χ0) is 28.5. The molecule has 1 aliphatic rings. The van der Waals surface area contributed by atoms with Gasteiger partial charge in [0.2, 0.25) is 5.95 Å². The largest absolute Gasteiger partial charge is 0.573 e. The van der Waals surface area contributed by atoms with Crippen molar-refractivity contribution in [1.82, 2.24) is 20.3 Å². The Hall–Kier alpha value is -3.76. The van der Waals surface area contributed by atoms with E-state index in [4.69, 9.17) is 0 Å². The summed E-state index contributed by atoms with van der Waals surface area (Å²) in [5, 5.41) is 10.9. The van der Waals surface area contributed by atoms with Crippen molar-refractivity contribution in [2.45, 2.75) is 25.2 Å². The quantitative estimate of drug-likeness (QED) is 0.197. The second kappa shape index (κ2) is 11.0. The number of hydrogen-bond acceptors (Lipinski definition) is 8. The summed E-state index contributed by atoms with van der Waals surface area (Å²) in [5.74, 6) is 0.312. The molecule has 13 heteroatoms. The van der Waals surface area contributed by atoms with Gasteiger partial charge in [-0.3, -0.25) is 0 Å². The molecule has 212 valence electrons. The number of fused-ring (bicyclic) bond motifs is 1. The van der Waals surface area contributed by atoms with Crippen LogP contribution in [0.5, 0.6) is 5.75 Å². The summed E-state index contributed by atoms with van der Waals surface area (Å²) in [4.78, 5) is 14.0. The molecule has 0 amide bonds. The fourth-order valence-electron chi connectivity index (χ4n) is 4.87. The smallest absolute Gasteiger partial charge is 0.403 e. The Morgan fingerprint density at radius 2 is 1.80 bits per heavy atom. The molecule has 0 radical (unpaired) electrons. The summed E-state index contributed by atoms with van der Waals surface area (Å²) in [6, 6.07) is 14.0. The van der Waals surface area contributed by atoms with Crippen LogP contribution in [0.25, 0.3) is 11.0 Å². The lowest BCUT2D eigenvalue weighted by Gasteiger charge is -2.34. The lowest BCUT2D eigenvalue weighted by molar-refractivity contribution is -0.274. The van der Waals surface area contributed by atoms with Crippen LogP contribution >= 0.6 is 7.14 Å². The summed E-state index contributed by atoms with van der Waals surface area (Å²) in [7, 11) is -0.706. The van der Waals surface area contributed by atoms with Crippen LogP contribution in [0.1, 0.15) is 12.8 Å². The Balaban J connectivity index is 1.46. The zero-order valence-corrected chi connectivity index (χ0v) is 23.2. The van der Waals surface area contributed by atoms with E-state index in [2.05, 4.69) is 35.6 Å². The number of para-hydroxylation sites is 1. The fraction of sp³-hybridized carbons (Fsp3) is 0.333. The van der Waals surface area contributed by atoms with Crippen molar-refractivity contribution in [2.24, 2.45) is 0 Å². The van der Waals surface area contributed by atoms with E-state index in [0.29, 0.717) is 58.3 Å². The Kier molecular flexibility index (Phi) is 7.65. The van der Waals surface area contributed by atoms with Gasteiger partial charge in [0.25, 0.3) is 0 Å². The minimum absolute atomic E-state index is 0.159. The van der Waals surface area contributed by atoms with E-state index in [1.807, 2.05) is 42.3 Å². The number of nitrogens with zero attached hydrogens (tertiary/aromatic N) is 3. The Labute approximate surface area is 229 Å². The molecule has 4 aromatic rings. The molecular formula is C27H31F3N7O2P. The van der Waals surface area contributed by atoms with Gasteiger partial charge in [-0.05, 0) is 63.6 Å². The second-order valence-electron chi connectivity index (χ2n) is 10.0. The van der Waals surface area contributed by atoms with Crippen LogP contribution in [0.3, 0.4) is 0 Å². The Morgan fingerprint density at radius 3 is 2.50 bits per heavy atom. The van der Waals surface area contributed by atoms with Crippen LogP contribution in [0.4, 0.5) is 42.0 Å². The maximum atomic E-state index is 13.4. The van der Waals surface area contributed by atoms with Gasteiger partial charge in [-0.2, -0.15) is 9.97 Å². The zero-order valence-electron chi connectivity index (χ0n) is 22.3. The van der Waals surface area contributed by atoms with Crippen molar-refractivity contribution in [3.63, 3.8) is 0 Å². The molecule has 0 unspecified atom stereocenters. The topological polar surface area (TPSA) is 107 Å². The molecule has 2 aromatic heterocycles. The van der Waals surface area contributed by atoms with E-state index >= 15 is 0 Å². The standard InChI is InChI=1S/C27H31F3N7O2P/c1-31-17-11-14-37(15-12-17)21-9-8-18(16-22(21)39-27(28,29)30)33-26-35-24-19(10-13-32-24)25(36-26)34-20-6-4-5-7-23(20)40(2,3)38/h4-10,13,16-17,31H,11-12,14-15H2,1-3H3,(H3,32,33,34,35,36). The minimum Gasteiger partial charge on any atom is -0.403 e. The summed E-state index contributed by atoms with van der Waals surface area (Å²) in [6.07, 6.45) is -1.50. The van der Waals surface area contributed by atoms with Crippen molar-refractivity contribution in [1.29, 1.82) is 0 Å². The first-order valence-electron chi connectivity index (χ1n) is 12.9. The van der Waals surface area contributed by atoms with Crippen molar-refractivity contribution >= 4 is 52.3 Å². The number of ether oxygens (including phenoxy) is 1. The third-order valence-electron chi connectivity index (χ3n) is 6.84. The number of hydrogen-bond donors (Lipinski definition) is 4. The van der Waals surface area contributed by atoms with Gasteiger partial charge in [0.15, 0.2) is 5.75 Å². The summed E-state index contributed by atoms with van der Waals surface area (Å²) in [6.45, 7) is 4.61. The predicted molar refractivity (Wildman–Crippen MR) is 153 cm³/mol. The molecule has 2 aromatic carbocycles. The number of alkyl halides is 3. The number of rotatable bonds is 8. The minimum atomic E-state index is -4.85. The first kappa shape index (κ1) is 27.8. The summed E-state index contributed by atoms with van der Waals surface area (Å²) in [5.41, 5.74) is 1.87. The highest BCUT2D eigenvalue weighted by molar-refractivity contribution is 7.70. The van der Waals surface area contributed by atoms with Gasteiger partial charge in [-0.15, -0.1) is 13.2 Å². The van der Waals surface area contributed by atoms with Gasteiger partial charge in [-0.1, -0.05) is 12.1 Å². The Morgan fingerprint density at radius 1 is 1.05 bits per heavy atom. The Bertz CT molecular complexity index is 1540. The normalized spacial score (nSPS) is 14.9. The SMILES string of the molecule is CNC1CCN(c2ccc(Nc3nc(Nc4ccccc4P(C)(C)=O)c4cc[nH]c4n3)cc2OC(F)(F)F)CC1. The third-order valence-corrected chi connectivity index (χ3v) is 8.39. The van der Waals surface area contributed by atoms with Crippen LogP contribution in [0.2, 0.25) is 0 Å². The molecule has 0 saturated carbocycles. The highest BCUT2D eigenvalue weighted by Crippen LogP contribution is 2.39. The van der Waals surface area contributed by atoms with E-state index in [9.17, 15) is 17.7 Å². The molecule has 9 nitrogen and oxygen atoms in total. The van der Waals surface area contributed by atoms with Crippen LogP contribution < -0.4 is 30.9 Å². The molecule has 1 saturated heterocycles. The number of benzene rings is 2. The van der Waals surface area contributed by atoms with Crippen molar-refractivity contribution < 1.29 is 22.5 Å². The molecule has 3 heterocycles. The molecular weight excluding hydrogens is 542 g/mol. The first-order chi connectivity index (χ1) is 19.0. The van der Waals surface area contributed by atoms with Crippen LogP contribution in [0, 0.1) is 0 Å². The number of halogens is 3. The molecule has 5 rings (SSSR count). The van der Waals surface area contributed by atoms with E-state index in [0.717, 1.165) is 12.8 Å². The van der Waals surface area contributed by atoms with Crippen LogP contribution in [0.15, 0.2) is 54.7 Å². The molecule has 4 N–H and O–H groups in total.